The molecule has 0 aliphatic heterocycles. The summed E-state index contributed by atoms with van der Waals surface area (Å²) < 4.78 is 0. The number of pyridine rings is 1. The van der Waals surface area contributed by atoms with Gasteiger partial charge in [0.25, 0.3) is 0 Å². The summed E-state index contributed by atoms with van der Waals surface area (Å²) in [5.74, 6) is 2.15. The monoisotopic (exact) mass is 258 g/mol. The summed E-state index contributed by atoms with van der Waals surface area (Å²) in [5.41, 5.74) is 9.40. The van der Waals surface area contributed by atoms with Crippen molar-refractivity contribution in [1.82, 2.24) is 4.98 Å². The van der Waals surface area contributed by atoms with Crippen LogP contribution in [0, 0.1) is 11.8 Å². The van der Waals surface area contributed by atoms with Gasteiger partial charge in [-0.15, -0.1) is 0 Å². The third-order valence-electron chi connectivity index (χ3n) is 5.41. The van der Waals surface area contributed by atoms with E-state index in [0.29, 0.717) is 12.0 Å². The number of nitrogens with zero attached hydrogens (tertiary/aromatic N) is 1. The van der Waals surface area contributed by atoms with Crippen molar-refractivity contribution in [2.75, 3.05) is 0 Å². The summed E-state index contributed by atoms with van der Waals surface area (Å²) in [6.45, 7) is 2.32. The highest BCUT2D eigenvalue weighted by Gasteiger charge is 2.35. The number of aryl methyl sites for hydroxylation is 1. The molecule has 1 aromatic rings. The summed E-state index contributed by atoms with van der Waals surface area (Å²) >= 11 is 0. The molecule has 1 aromatic heterocycles. The maximum absolute atomic E-state index is 6.65. The minimum Gasteiger partial charge on any atom is -0.327 e. The van der Waals surface area contributed by atoms with Crippen LogP contribution in [0.5, 0.6) is 0 Å². The number of aromatic nitrogens is 1. The molecule has 0 bridgehead atoms. The van der Waals surface area contributed by atoms with E-state index in [0.717, 1.165) is 11.8 Å². The van der Waals surface area contributed by atoms with Crippen LogP contribution in [0.25, 0.3) is 0 Å². The largest absolute Gasteiger partial charge is 0.327 e. The number of rotatable bonds is 3. The van der Waals surface area contributed by atoms with E-state index in [1.807, 2.05) is 6.20 Å². The lowest BCUT2D eigenvalue weighted by Crippen LogP contribution is -2.37. The van der Waals surface area contributed by atoms with Gasteiger partial charge < -0.3 is 5.73 Å². The number of hydrogen-bond acceptors (Lipinski definition) is 2. The van der Waals surface area contributed by atoms with Gasteiger partial charge in [0.15, 0.2) is 0 Å². The first-order valence-corrected chi connectivity index (χ1v) is 7.99. The van der Waals surface area contributed by atoms with Gasteiger partial charge in [0.05, 0.1) is 0 Å². The third kappa shape index (κ3) is 2.55. The van der Waals surface area contributed by atoms with Gasteiger partial charge >= 0.3 is 0 Å². The molecule has 0 amide bonds. The molecule has 0 aromatic carbocycles. The zero-order chi connectivity index (χ0) is 13.2. The topological polar surface area (TPSA) is 38.9 Å². The van der Waals surface area contributed by atoms with Gasteiger partial charge in [-0.3, -0.25) is 4.98 Å². The van der Waals surface area contributed by atoms with E-state index < -0.39 is 0 Å². The number of fused-ring (bicyclic) bond motifs is 1. The summed E-state index contributed by atoms with van der Waals surface area (Å²) in [6, 6.07) is 4.63. The molecule has 0 radical (unpaired) electrons. The molecule has 1 saturated carbocycles. The quantitative estimate of drug-likeness (QED) is 0.898. The summed E-state index contributed by atoms with van der Waals surface area (Å²) in [6.07, 6.45) is 11.0. The van der Waals surface area contributed by atoms with Crippen molar-refractivity contribution in [3.05, 3.63) is 29.6 Å². The zero-order valence-corrected chi connectivity index (χ0v) is 12.0. The smallest absolute Gasteiger partial charge is 0.0481 e. The Morgan fingerprint density at radius 3 is 3.05 bits per heavy atom. The third-order valence-corrected chi connectivity index (χ3v) is 5.41. The lowest BCUT2D eigenvalue weighted by molar-refractivity contribution is 0.331. The van der Waals surface area contributed by atoms with Crippen LogP contribution in [-0.4, -0.2) is 11.0 Å². The van der Waals surface area contributed by atoms with Crippen molar-refractivity contribution in [3.8, 4) is 0 Å². The van der Waals surface area contributed by atoms with E-state index in [1.165, 1.54) is 56.2 Å². The molecular formula is C17H26N2. The van der Waals surface area contributed by atoms with Crippen molar-refractivity contribution in [2.45, 2.75) is 63.8 Å². The van der Waals surface area contributed by atoms with Gasteiger partial charge in [-0.2, -0.15) is 0 Å². The van der Waals surface area contributed by atoms with Crippen LogP contribution >= 0.6 is 0 Å². The highest BCUT2D eigenvalue weighted by molar-refractivity contribution is 5.27. The average molecular weight is 258 g/mol. The van der Waals surface area contributed by atoms with E-state index >= 15 is 0 Å². The van der Waals surface area contributed by atoms with Crippen molar-refractivity contribution in [3.63, 3.8) is 0 Å². The molecule has 0 saturated heterocycles. The molecule has 4 atom stereocenters. The van der Waals surface area contributed by atoms with Crippen molar-refractivity contribution in [1.29, 1.82) is 0 Å². The predicted molar refractivity (Wildman–Crippen MR) is 79.0 cm³/mol. The first-order valence-electron chi connectivity index (χ1n) is 7.99. The first-order chi connectivity index (χ1) is 9.29. The fraction of sp³-hybridized carbons (Fsp3) is 0.706. The molecule has 19 heavy (non-hydrogen) atoms. The molecule has 2 aliphatic rings. The van der Waals surface area contributed by atoms with Crippen molar-refractivity contribution in [2.24, 2.45) is 17.6 Å². The predicted octanol–water partition coefficient (Wildman–Crippen LogP) is 3.66. The Labute approximate surface area is 116 Å². The standard InChI is InChI=1S/C17H26N2/c1-2-12-8-9-14(11-12)16(18)15-7-3-5-13-6-4-10-19-17(13)15/h4,6,10,12,14-16H,2-3,5,7-9,11,18H2,1H3. The van der Waals surface area contributed by atoms with Gasteiger partial charge in [-0.1, -0.05) is 25.8 Å². The van der Waals surface area contributed by atoms with Crippen LogP contribution in [-0.2, 0) is 6.42 Å². The summed E-state index contributed by atoms with van der Waals surface area (Å²) in [4.78, 5) is 4.65. The fourth-order valence-corrected chi connectivity index (χ4v) is 4.18. The lowest BCUT2D eigenvalue weighted by Gasteiger charge is -2.32. The molecule has 1 fully saturated rings. The van der Waals surface area contributed by atoms with E-state index in [-0.39, 0.29) is 0 Å². The Morgan fingerprint density at radius 2 is 2.26 bits per heavy atom. The van der Waals surface area contributed by atoms with Crippen molar-refractivity contribution < 1.29 is 0 Å². The molecule has 104 valence electrons. The van der Waals surface area contributed by atoms with Gasteiger partial charge in [0, 0.05) is 23.9 Å². The summed E-state index contributed by atoms with van der Waals surface area (Å²) in [5, 5.41) is 0. The minimum atomic E-state index is 0.325. The molecule has 3 rings (SSSR count). The van der Waals surface area contributed by atoms with Gasteiger partial charge in [-0.05, 0) is 55.6 Å². The Hall–Kier alpha value is -0.890. The fourth-order valence-electron chi connectivity index (χ4n) is 4.18. The van der Waals surface area contributed by atoms with Crippen molar-refractivity contribution >= 4 is 0 Å². The minimum absolute atomic E-state index is 0.325. The van der Waals surface area contributed by atoms with Crippen LogP contribution in [0.3, 0.4) is 0 Å². The zero-order valence-electron chi connectivity index (χ0n) is 12.0. The second kappa shape index (κ2) is 5.62. The lowest BCUT2D eigenvalue weighted by atomic mass is 9.77. The molecule has 4 unspecified atom stereocenters. The Balaban J connectivity index is 1.76. The molecule has 2 aliphatic carbocycles. The van der Waals surface area contributed by atoms with Gasteiger partial charge in [0.1, 0.15) is 0 Å². The number of nitrogens with two attached hydrogens (primary N) is 1. The maximum atomic E-state index is 6.65. The van der Waals surface area contributed by atoms with Crippen LogP contribution in [0.1, 0.15) is 62.6 Å². The SMILES string of the molecule is CCC1CCC(C(N)C2CCCc3cccnc32)C1. The highest BCUT2D eigenvalue weighted by Crippen LogP contribution is 2.41. The Kier molecular flexibility index (Phi) is 3.88. The highest BCUT2D eigenvalue weighted by atomic mass is 14.8. The molecule has 2 N–H and O–H groups in total. The van der Waals surface area contributed by atoms with E-state index in [1.54, 1.807) is 0 Å². The summed E-state index contributed by atoms with van der Waals surface area (Å²) in [7, 11) is 0. The van der Waals surface area contributed by atoms with Crippen LogP contribution in [0.15, 0.2) is 18.3 Å². The van der Waals surface area contributed by atoms with Gasteiger partial charge in [0.2, 0.25) is 0 Å². The second-order valence-electron chi connectivity index (χ2n) is 6.47. The van der Waals surface area contributed by atoms with Crippen LogP contribution in [0.2, 0.25) is 0 Å². The van der Waals surface area contributed by atoms with E-state index in [4.69, 9.17) is 5.73 Å². The first kappa shape index (κ1) is 13.1. The molecule has 2 nitrogen and oxygen atoms in total. The molecule has 0 spiro atoms. The molecule has 1 heterocycles. The van der Waals surface area contributed by atoms with Crippen LogP contribution < -0.4 is 5.73 Å². The average Bonchev–Trinajstić information content (AvgIpc) is 2.95. The second-order valence-corrected chi connectivity index (χ2v) is 6.47. The van der Waals surface area contributed by atoms with E-state index in [2.05, 4.69) is 24.0 Å². The Morgan fingerprint density at radius 1 is 1.37 bits per heavy atom. The Bertz CT molecular complexity index is 429. The van der Waals surface area contributed by atoms with Gasteiger partial charge in [-0.25, -0.2) is 0 Å². The molecular weight excluding hydrogens is 232 g/mol. The maximum Gasteiger partial charge on any atom is 0.0481 e. The normalized spacial score (nSPS) is 32.0. The van der Waals surface area contributed by atoms with E-state index in [9.17, 15) is 0 Å². The number of hydrogen-bond donors (Lipinski definition) is 1. The van der Waals surface area contributed by atoms with Crippen LogP contribution in [0.4, 0.5) is 0 Å². The molecule has 2 heteroatoms.